The molecule has 0 fully saturated rings. The van der Waals surface area contributed by atoms with E-state index in [1.165, 1.54) is 70.6 Å². The van der Waals surface area contributed by atoms with Crippen molar-refractivity contribution in [3.63, 3.8) is 0 Å². The number of hydrogen-bond acceptors (Lipinski definition) is 3. The average Bonchev–Trinajstić information content (AvgIpc) is 2.53. The molecule has 0 aromatic heterocycles. The number of aliphatic hydroxyl groups is 1. The predicted octanol–water partition coefficient (Wildman–Crippen LogP) is 5.39. The van der Waals surface area contributed by atoms with Crippen molar-refractivity contribution in [3.8, 4) is 0 Å². The SMILES string of the molecule is CCCCCCCCCCCCCCCOC(=O)CCCO. The van der Waals surface area contributed by atoms with E-state index in [2.05, 4.69) is 6.92 Å². The fraction of sp³-hybridized carbons (Fsp3) is 0.947. The quantitative estimate of drug-likeness (QED) is 0.289. The Morgan fingerprint density at radius 1 is 0.727 bits per heavy atom. The molecular formula is C19H38O3. The first-order valence-electron chi connectivity index (χ1n) is 9.57. The van der Waals surface area contributed by atoms with Crippen molar-refractivity contribution < 1.29 is 14.6 Å². The summed E-state index contributed by atoms with van der Waals surface area (Å²) in [6.07, 6.45) is 18.1. The van der Waals surface area contributed by atoms with Crippen molar-refractivity contribution >= 4 is 5.97 Å². The molecule has 0 heterocycles. The van der Waals surface area contributed by atoms with E-state index in [-0.39, 0.29) is 12.6 Å². The Balaban J connectivity index is 3.04. The normalized spacial score (nSPS) is 10.8. The van der Waals surface area contributed by atoms with Gasteiger partial charge in [0, 0.05) is 13.0 Å². The van der Waals surface area contributed by atoms with Gasteiger partial charge < -0.3 is 9.84 Å². The van der Waals surface area contributed by atoms with Crippen LogP contribution in [0.25, 0.3) is 0 Å². The van der Waals surface area contributed by atoms with Gasteiger partial charge in [-0.1, -0.05) is 84.0 Å². The Labute approximate surface area is 137 Å². The number of aliphatic hydroxyl groups excluding tert-OH is 1. The van der Waals surface area contributed by atoms with E-state index in [1.54, 1.807) is 0 Å². The molecule has 0 bridgehead atoms. The monoisotopic (exact) mass is 314 g/mol. The van der Waals surface area contributed by atoms with Crippen molar-refractivity contribution in [2.24, 2.45) is 0 Å². The second-order valence-electron chi connectivity index (χ2n) is 6.29. The van der Waals surface area contributed by atoms with E-state index >= 15 is 0 Å². The van der Waals surface area contributed by atoms with E-state index in [4.69, 9.17) is 9.84 Å². The minimum Gasteiger partial charge on any atom is -0.466 e. The molecule has 0 saturated heterocycles. The molecule has 0 aromatic carbocycles. The highest BCUT2D eigenvalue weighted by Crippen LogP contribution is 2.12. The molecule has 132 valence electrons. The molecular weight excluding hydrogens is 276 g/mol. The number of carbonyl (C=O) groups excluding carboxylic acids is 1. The zero-order chi connectivity index (χ0) is 16.3. The Hall–Kier alpha value is -0.570. The van der Waals surface area contributed by atoms with Gasteiger partial charge in [-0.15, -0.1) is 0 Å². The summed E-state index contributed by atoms with van der Waals surface area (Å²) in [5.74, 6) is -0.173. The summed E-state index contributed by atoms with van der Waals surface area (Å²) >= 11 is 0. The number of carbonyl (C=O) groups is 1. The largest absolute Gasteiger partial charge is 0.466 e. The third kappa shape index (κ3) is 17.5. The molecule has 0 saturated carbocycles. The van der Waals surface area contributed by atoms with Gasteiger partial charge in [0.25, 0.3) is 0 Å². The molecule has 0 rings (SSSR count). The molecule has 3 nitrogen and oxygen atoms in total. The molecule has 1 N–H and O–H groups in total. The summed E-state index contributed by atoms with van der Waals surface area (Å²) in [6.45, 7) is 2.87. The highest BCUT2D eigenvalue weighted by atomic mass is 16.5. The summed E-state index contributed by atoms with van der Waals surface area (Å²) in [5, 5.41) is 8.60. The predicted molar refractivity (Wildman–Crippen MR) is 93.0 cm³/mol. The van der Waals surface area contributed by atoms with Crippen LogP contribution in [0.5, 0.6) is 0 Å². The maximum atomic E-state index is 11.2. The highest BCUT2D eigenvalue weighted by molar-refractivity contribution is 5.69. The van der Waals surface area contributed by atoms with E-state index in [9.17, 15) is 4.79 Å². The molecule has 0 spiro atoms. The zero-order valence-electron chi connectivity index (χ0n) is 14.8. The zero-order valence-corrected chi connectivity index (χ0v) is 14.8. The van der Waals surface area contributed by atoms with Gasteiger partial charge >= 0.3 is 5.97 Å². The van der Waals surface area contributed by atoms with Gasteiger partial charge in [0.05, 0.1) is 6.61 Å². The lowest BCUT2D eigenvalue weighted by atomic mass is 10.0. The van der Waals surface area contributed by atoms with Crippen LogP contribution in [0.2, 0.25) is 0 Å². The lowest BCUT2D eigenvalue weighted by Gasteiger charge is -2.05. The van der Waals surface area contributed by atoms with Gasteiger partial charge in [0.15, 0.2) is 0 Å². The lowest BCUT2D eigenvalue weighted by molar-refractivity contribution is -0.144. The van der Waals surface area contributed by atoms with Crippen LogP contribution < -0.4 is 0 Å². The molecule has 0 amide bonds. The minimum atomic E-state index is -0.173. The second-order valence-corrected chi connectivity index (χ2v) is 6.29. The Kier molecular flexibility index (Phi) is 18.0. The number of unbranched alkanes of at least 4 members (excludes halogenated alkanes) is 12. The summed E-state index contributed by atoms with van der Waals surface area (Å²) in [7, 11) is 0. The third-order valence-corrected chi connectivity index (χ3v) is 4.05. The van der Waals surface area contributed by atoms with Crippen LogP contribution in [0.4, 0.5) is 0 Å². The van der Waals surface area contributed by atoms with E-state index in [0.717, 1.165) is 12.8 Å². The van der Waals surface area contributed by atoms with Gasteiger partial charge in [-0.05, 0) is 12.8 Å². The molecule has 3 heteroatoms. The summed E-state index contributed by atoms with van der Waals surface area (Å²) in [5.41, 5.74) is 0. The Morgan fingerprint density at radius 2 is 1.18 bits per heavy atom. The number of rotatable bonds is 17. The van der Waals surface area contributed by atoms with Gasteiger partial charge in [-0.25, -0.2) is 0 Å². The van der Waals surface area contributed by atoms with Crippen LogP contribution in [0, 0.1) is 0 Å². The standard InChI is InChI=1S/C19H38O3/c1-2-3-4-5-6-7-8-9-10-11-12-13-14-18-22-19(21)16-15-17-20/h20H,2-18H2,1H3. The van der Waals surface area contributed by atoms with Gasteiger partial charge in [0.1, 0.15) is 0 Å². The van der Waals surface area contributed by atoms with Crippen molar-refractivity contribution in [2.45, 2.75) is 103 Å². The van der Waals surface area contributed by atoms with E-state index < -0.39 is 0 Å². The Morgan fingerprint density at radius 3 is 1.64 bits per heavy atom. The van der Waals surface area contributed by atoms with Crippen LogP contribution in [0.1, 0.15) is 103 Å². The van der Waals surface area contributed by atoms with Crippen LogP contribution in [-0.4, -0.2) is 24.3 Å². The summed E-state index contributed by atoms with van der Waals surface area (Å²) in [6, 6.07) is 0. The molecule has 0 radical (unpaired) electrons. The molecule has 0 aliphatic heterocycles. The van der Waals surface area contributed by atoms with Crippen molar-refractivity contribution in [1.82, 2.24) is 0 Å². The average molecular weight is 315 g/mol. The van der Waals surface area contributed by atoms with Gasteiger partial charge in [-0.2, -0.15) is 0 Å². The molecule has 0 aliphatic rings. The molecule has 0 aromatic rings. The van der Waals surface area contributed by atoms with Crippen LogP contribution in [-0.2, 0) is 9.53 Å². The lowest BCUT2D eigenvalue weighted by Crippen LogP contribution is -2.06. The van der Waals surface area contributed by atoms with E-state index in [1.807, 2.05) is 0 Å². The van der Waals surface area contributed by atoms with Crippen LogP contribution >= 0.6 is 0 Å². The Bertz CT molecular complexity index is 229. The first-order chi connectivity index (χ1) is 10.8. The highest BCUT2D eigenvalue weighted by Gasteiger charge is 2.01. The minimum absolute atomic E-state index is 0.0633. The van der Waals surface area contributed by atoms with Gasteiger partial charge in [-0.3, -0.25) is 4.79 Å². The third-order valence-electron chi connectivity index (χ3n) is 4.05. The van der Waals surface area contributed by atoms with Crippen molar-refractivity contribution in [1.29, 1.82) is 0 Å². The molecule has 22 heavy (non-hydrogen) atoms. The molecule has 0 aliphatic carbocycles. The second kappa shape index (κ2) is 18.5. The summed E-state index contributed by atoms with van der Waals surface area (Å²) in [4.78, 5) is 11.2. The number of hydrogen-bond donors (Lipinski definition) is 1. The maximum absolute atomic E-state index is 11.2. The number of esters is 1. The fourth-order valence-electron chi connectivity index (χ4n) is 2.60. The molecule has 0 unspecified atom stereocenters. The van der Waals surface area contributed by atoms with Crippen molar-refractivity contribution in [3.05, 3.63) is 0 Å². The number of ether oxygens (including phenoxy) is 1. The summed E-state index contributed by atoms with van der Waals surface area (Å²) < 4.78 is 5.09. The van der Waals surface area contributed by atoms with E-state index in [0.29, 0.717) is 19.4 Å². The molecule has 0 atom stereocenters. The first kappa shape index (κ1) is 21.4. The first-order valence-corrected chi connectivity index (χ1v) is 9.57. The van der Waals surface area contributed by atoms with Gasteiger partial charge in [0.2, 0.25) is 0 Å². The topological polar surface area (TPSA) is 46.5 Å². The maximum Gasteiger partial charge on any atom is 0.305 e. The van der Waals surface area contributed by atoms with Crippen LogP contribution in [0.15, 0.2) is 0 Å². The smallest absolute Gasteiger partial charge is 0.305 e. The van der Waals surface area contributed by atoms with Crippen LogP contribution in [0.3, 0.4) is 0 Å². The fourth-order valence-corrected chi connectivity index (χ4v) is 2.60. The van der Waals surface area contributed by atoms with Crippen molar-refractivity contribution in [2.75, 3.05) is 13.2 Å².